The fourth-order valence-corrected chi connectivity index (χ4v) is 4.21. The fraction of sp³-hybridized carbons (Fsp3) is 0.333. The normalized spacial score (nSPS) is 17.3. The molecule has 1 aliphatic heterocycles. The Bertz CT molecular complexity index is 871. The summed E-state index contributed by atoms with van der Waals surface area (Å²) in [4.78, 5) is 1.94. The lowest BCUT2D eigenvalue weighted by atomic mass is 10.2. The lowest BCUT2D eigenvalue weighted by Gasteiger charge is -2.19. The van der Waals surface area contributed by atoms with Crippen LogP contribution >= 0.6 is 0 Å². The van der Waals surface area contributed by atoms with Crippen LogP contribution in [0.2, 0.25) is 0 Å². The van der Waals surface area contributed by atoms with Crippen molar-refractivity contribution in [3.05, 3.63) is 48.3 Å². The molecule has 0 bridgehead atoms. The summed E-state index contributed by atoms with van der Waals surface area (Å²) in [5.74, 6) is -0.568. The third kappa shape index (κ3) is 3.91. The molecule has 26 heavy (non-hydrogen) atoms. The van der Waals surface area contributed by atoms with Crippen LogP contribution in [0.5, 0.6) is 5.75 Å². The second kappa shape index (κ2) is 7.51. The van der Waals surface area contributed by atoms with E-state index in [1.165, 1.54) is 13.2 Å². The van der Waals surface area contributed by atoms with Gasteiger partial charge in [-0.1, -0.05) is 0 Å². The SMILES string of the molecule is COc1ccc(F)cc1S(=O)(=O)Nc1ccc(N2CCC(OC)C2)cc1. The predicted octanol–water partition coefficient (Wildman–Crippen LogP) is 2.86. The van der Waals surface area contributed by atoms with Crippen molar-refractivity contribution in [3.63, 3.8) is 0 Å². The van der Waals surface area contributed by atoms with Crippen LogP contribution in [0.15, 0.2) is 47.4 Å². The van der Waals surface area contributed by atoms with Gasteiger partial charge in [-0.15, -0.1) is 0 Å². The molecule has 3 rings (SSSR count). The maximum Gasteiger partial charge on any atom is 0.265 e. The molecule has 1 saturated heterocycles. The predicted molar refractivity (Wildman–Crippen MR) is 97.8 cm³/mol. The fourth-order valence-electron chi connectivity index (χ4n) is 2.97. The minimum atomic E-state index is -3.97. The first-order valence-electron chi connectivity index (χ1n) is 8.17. The van der Waals surface area contributed by atoms with Crippen molar-refractivity contribution >= 4 is 21.4 Å². The summed E-state index contributed by atoms with van der Waals surface area (Å²) in [6.07, 6.45) is 1.18. The average molecular weight is 380 g/mol. The topological polar surface area (TPSA) is 67.9 Å². The number of rotatable bonds is 6. The molecule has 140 valence electrons. The monoisotopic (exact) mass is 380 g/mol. The Kier molecular flexibility index (Phi) is 5.33. The van der Waals surface area contributed by atoms with Gasteiger partial charge < -0.3 is 14.4 Å². The highest BCUT2D eigenvalue weighted by atomic mass is 32.2. The zero-order valence-corrected chi connectivity index (χ0v) is 15.4. The van der Waals surface area contributed by atoms with Gasteiger partial charge in [0.05, 0.1) is 13.2 Å². The number of hydrogen-bond donors (Lipinski definition) is 1. The van der Waals surface area contributed by atoms with Crippen LogP contribution in [0.25, 0.3) is 0 Å². The van der Waals surface area contributed by atoms with Gasteiger partial charge in [-0.3, -0.25) is 4.72 Å². The highest BCUT2D eigenvalue weighted by Gasteiger charge is 2.23. The van der Waals surface area contributed by atoms with Crippen molar-refractivity contribution in [2.45, 2.75) is 17.4 Å². The summed E-state index contributed by atoms with van der Waals surface area (Å²) in [7, 11) is -0.933. The number of sulfonamides is 1. The minimum absolute atomic E-state index is 0.0817. The lowest BCUT2D eigenvalue weighted by Crippen LogP contribution is -2.22. The zero-order chi connectivity index (χ0) is 18.7. The Hall–Kier alpha value is -2.32. The maximum absolute atomic E-state index is 13.5. The molecule has 0 spiro atoms. The average Bonchev–Trinajstić information content (AvgIpc) is 3.11. The van der Waals surface area contributed by atoms with E-state index < -0.39 is 15.8 Å². The number of hydrogen-bond acceptors (Lipinski definition) is 5. The standard InChI is InChI=1S/C18H21FN2O4S/c1-24-16-9-10-21(12-16)15-6-4-14(5-7-15)20-26(22,23)18-11-13(19)3-8-17(18)25-2/h3-8,11,16,20H,9-10,12H2,1-2H3. The second-order valence-corrected chi connectivity index (χ2v) is 7.69. The number of methoxy groups -OCH3 is 2. The third-order valence-electron chi connectivity index (χ3n) is 4.38. The van der Waals surface area contributed by atoms with Gasteiger partial charge in [-0.05, 0) is 48.9 Å². The molecule has 0 saturated carbocycles. The number of anilines is 2. The van der Waals surface area contributed by atoms with Crippen LogP contribution in [-0.4, -0.2) is 41.8 Å². The minimum Gasteiger partial charge on any atom is -0.495 e. The maximum atomic E-state index is 13.5. The molecular formula is C18H21FN2O4S. The van der Waals surface area contributed by atoms with Crippen LogP contribution in [0.4, 0.5) is 15.8 Å². The third-order valence-corrected chi connectivity index (χ3v) is 5.78. The van der Waals surface area contributed by atoms with Crippen molar-refractivity contribution in [2.24, 2.45) is 0 Å². The summed E-state index contributed by atoms with van der Waals surface area (Å²) < 4.78 is 51.5. The van der Waals surface area contributed by atoms with E-state index in [2.05, 4.69) is 9.62 Å². The molecule has 6 nitrogen and oxygen atoms in total. The van der Waals surface area contributed by atoms with Crippen molar-refractivity contribution < 1.29 is 22.3 Å². The zero-order valence-electron chi connectivity index (χ0n) is 14.6. The number of benzene rings is 2. The van der Waals surface area contributed by atoms with Gasteiger partial charge in [0.15, 0.2) is 0 Å². The number of ether oxygens (including phenoxy) is 2. The van der Waals surface area contributed by atoms with Crippen LogP contribution in [0.3, 0.4) is 0 Å². The molecular weight excluding hydrogens is 359 g/mol. The van der Waals surface area contributed by atoms with Gasteiger partial charge in [0, 0.05) is 31.6 Å². The van der Waals surface area contributed by atoms with Crippen molar-refractivity contribution in [2.75, 3.05) is 36.9 Å². The van der Waals surface area contributed by atoms with Gasteiger partial charge in [-0.25, -0.2) is 12.8 Å². The molecule has 1 unspecified atom stereocenters. The molecule has 1 fully saturated rings. The highest BCUT2D eigenvalue weighted by molar-refractivity contribution is 7.92. The summed E-state index contributed by atoms with van der Waals surface area (Å²) in [6.45, 7) is 1.70. The van der Waals surface area contributed by atoms with Crippen molar-refractivity contribution in [1.29, 1.82) is 0 Å². The first kappa shape index (κ1) is 18.5. The highest BCUT2D eigenvalue weighted by Crippen LogP contribution is 2.28. The van der Waals surface area contributed by atoms with Crippen LogP contribution in [-0.2, 0) is 14.8 Å². The van der Waals surface area contributed by atoms with E-state index in [0.717, 1.165) is 37.3 Å². The Morgan fingerprint density at radius 3 is 2.50 bits per heavy atom. The Labute approximate surface area is 152 Å². The van der Waals surface area contributed by atoms with E-state index in [1.807, 2.05) is 12.1 Å². The first-order chi connectivity index (χ1) is 12.4. The van der Waals surface area contributed by atoms with Crippen LogP contribution in [0, 0.1) is 5.82 Å². The summed E-state index contributed by atoms with van der Waals surface area (Å²) in [6, 6.07) is 10.4. The van der Waals surface area contributed by atoms with E-state index in [4.69, 9.17) is 9.47 Å². The lowest BCUT2D eigenvalue weighted by molar-refractivity contribution is 0.121. The first-order valence-corrected chi connectivity index (χ1v) is 9.65. The molecule has 0 aromatic heterocycles. The summed E-state index contributed by atoms with van der Waals surface area (Å²) in [5.41, 5.74) is 1.39. The number of nitrogens with zero attached hydrogens (tertiary/aromatic N) is 1. The van der Waals surface area contributed by atoms with E-state index in [1.54, 1.807) is 19.2 Å². The van der Waals surface area contributed by atoms with E-state index >= 15 is 0 Å². The Morgan fingerprint density at radius 1 is 1.15 bits per heavy atom. The number of halogens is 1. The van der Waals surface area contributed by atoms with E-state index in [9.17, 15) is 12.8 Å². The smallest absolute Gasteiger partial charge is 0.265 e. The van der Waals surface area contributed by atoms with Crippen LogP contribution in [0.1, 0.15) is 6.42 Å². The van der Waals surface area contributed by atoms with Crippen molar-refractivity contribution in [3.8, 4) is 5.75 Å². The second-order valence-electron chi connectivity index (χ2n) is 6.04. The summed E-state index contributed by atoms with van der Waals surface area (Å²) >= 11 is 0. The molecule has 1 atom stereocenters. The van der Waals surface area contributed by atoms with Gasteiger partial charge in [0.2, 0.25) is 0 Å². The van der Waals surface area contributed by atoms with Crippen molar-refractivity contribution in [1.82, 2.24) is 0 Å². The quantitative estimate of drug-likeness (QED) is 0.835. The van der Waals surface area contributed by atoms with E-state index in [-0.39, 0.29) is 16.7 Å². The summed E-state index contributed by atoms with van der Waals surface area (Å²) in [5, 5.41) is 0. The van der Waals surface area contributed by atoms with Gasteiger partial charge in [0.1, 0.15) is 16.5 Å². The molecule has 2 aromatic carbocycles. The largest absolute Gasteiger partial charge is 0.495 e. The molecule has 8 heteroatoms. The van der Waals surface area contributed by atoms with E-state index in [0.29, 0.717) is 5.69 Å². The van der Waals surface area contributed by atoms with Crippen LogP contribution < -0.4 is 14.4 Å². The molecule has 0 radical (unpaired) electrons. The molecule has 1 aliphatic rings. The number of nitrogens with one attached hydrogen (secondary N) is 1. The van der Waals surface area contributed by atoms with Gasteiger partial charge >= 0.3 is 0 Å². The molecule has 0 aliphatic carbocycles. The van der Waals surface area contributed by atoms with Gasteiger partial charge in [0.25, 0.3) is 10.0 Å². The Morgan fingerprint density at radius 2 is 1.88 bits per heavy atom. The molecule has 2 aromatic rings. The Balaban J connectivity index is 1.77. The van der Waals surface area contributed by atoms with Gasteiger partial charge in [-0.2, -0.15) is 0 Å². The molecule has 0 amide bonds. The molecule has 1 heterocycles. The molecule has 1 N–H and O–H groups in total.